The van der Waals surface area contributed by atoms with Crippen LogP contribution in [0, 0.1) is 0 Å². The number of piperazine rings is 2. The molecule has 0 spiro atoms. The van der Waals surface area contributed by atoms with Crippen LogP contribution in [0.3, 0.4) is 0 Å². The van der Waals surface area contributed by atoms with Gasteiger partial charge in [-0.2, -0.15) is 10.2 Å². The number of benzene rings is 4. The van der Waals surface area contributed by atoms with Gasteiger partial charge in [-0.1, -0.05) is 84.9 Å². The second kappa shape index (κ2) is 22.6. The predicted octanol–water partition coefficient (Wildman–Crippen LogP) is 5.76. The van der Waals surface area contributed by atoms with E-state index in [0.717, 1.165) is 71.3 Å². The minimum absolute atomic E-state index is 0.0694. The van der Waals surface area contributed by atoms with Crippen LogP contribution < -0.4 is 29.9 Å². The average Bonchev–Trinajstić information content (AvgIpc) is 3.87. The molecule has 15 heteroatoms. The van der Waals surface area contributed by atoms with Gasteiger partial charge in [-0.15, -0.1) is 0 Å². The molecule has 1 amide bonds. The fourth-order valence-electron chi connectivity index (χ4n) is 7.97. The monoisotopic (exact) mass is 882 g/mol. The highest BCUT2D eigenvalue weighted by molar-refractivity contribution is 5.98. The second-order valence-corrected chi connectivity index (χ2v) is 15.5. The SMILES string of the molecule is CCOC(=O)c1c(Cc2ccccc2)c(N2CCNCC2)nn1Cc1ccc(OC)cc1.CCOC(=O)c1c(Cc2ccccc2)c(N2CCNCC2=O)nn1Cc1ccc(OC)cc1. The van der Waals surface area contributed by atoms with E-state index in [2.05, 4.69) is 27.7 Å². The molecule has 15 nitrogen and oxygen atoms in total. The summed E-state index contributed by atoms with van der Waals surface area (Å²) in [5.41, 5.74) is 6.67. The number of carbonyl (C=O) groups is 3. The Morgan fingerprint density at radius 3 is 1.46 bits per heavy atom. The van der Waals surface area contributed by atoms with Gasteiger partial charge in [0.2, 0.25) is 5.91 Å². The first-order valence-electron chi connectivity index (χ1n) is 22.1. The Labute approximate surface area is 380 Å². The number of hydrogen-bond donors (Lipinski definition) is 2. The summed E-state index contributed by atoms with van der Waals surface area (Å²) in [6.07, 6.45) is 1.08. The van der Waals surface area contributed by atoms with E-state index >= 15 is 0 Å². The minimum atomic E-state index is -0.446. The third-order valence-electron chi connectivity index (χ3n) is 11.2. The highest BCUT2D eigenvalue weighted by atomic mass is 16.5. The van der Waals surface area contributed by atoms with Gasteiger partial charge in [0.1, 0.15) is 11.5 Å². The van der Waals surface area contributed by atoms with Crippen molar-refractivity contribution >= 4 is 29.5 Å². The third kappa shape index (κ3) is 11.6. The van der Waals surface area contributed by atoms with E-state index in [-0.39, 0.29) is 25.0 Å². The molecule has 0 bridgehead atoms. The van der Waals surface area contributed by atoms with Crippen molar-refractivity contribution < 1.29 is 33.3 Å². The fourth-order valence-corrected chi connectivity index (χ4v) is 7.97. The van der Waals surface area contributed by atoms with E-state index in [0.29, 0.717) is 68.4 Å². The van der Waals surface area contributed by atoms with Crippen molar-refractivity contribution in [2.75, 3.05) is 83.0 Å². The van der Waals surface area contributed by atoms with Crippen molar-refractivity contribution in [1.29, 1.82) is 0 Å². The number of ether oxygens (including phenoxy) is 4. The quantitative estimate of drug-likeness (QED) is 0.114. The molecule has 2 fully saturated rings. The number of nitrogens with zero attached hydrogens (tertiary/aromatic N) is 6. The van der Waals surface area contributed by atoms with Gasteiger partial charge in [-0.3, -0.25) is 19.1 Å². The van der Waals surface area contributed by atoms with Gasteiger partial charge < -0.3 is 34.5 Å². The third-order valence-corrected chi connectivity index (χ3v) is 11.2. The summed E-state index contributed by atoms with van der Waals surface area (Å²) in [6, 6.07) is 35.5. The summed E-state index contributed by atoms with van der Waals surface area (Å²) >= 11 is 0. The van der Waals surface area contributed by atoms with E-state index in [4.69, 9.17) is 29.1 Å². The number of nitrogens with one attached hydrogen (secondary N) is 2. The van der Waals surface area contributed by atoms with Gasteiger partial charge in [0, 0.05) is 63.2 Å². The van der Waals surface area contributed by atoms with E-state index in [1.807, 2.05) is 104 Å². The van der Waals surface area contributed by atoms with Crippen LogP contribution in [0.4, 0.5) is 11.6 Å². The minimum Gasteiger partial charge on any atom is -0.497 e. The van der Waals surface area contributed by atoms with Gasteiger partial charge in [0.25, 0.3) is 0 Å². The summed E-state index contributed by atoms with van der Waals surface area (Å²) in [6.45, 7) is 9.90. The number of rotatable bonds is 16. The van der Waals surface area contributed by atoms with E-state index in [1.54, 1.807) is 35.4 Å². The molecule has 0 aliphatic carbocycles. The Morgan fingerprint density at radius 1 is 0.569 bits per heavy atom. The lowest BCUT2D eigenvalue weighted by Gasteiger charge is -2.28. The Bertz CT molecular complexity index is 2480. The molecule has 0 atom stereocenters. The van der Waals surface area contributed by atoms with Crippen molar-refractivity contribution in [3.63, 3.8) is 0 Å². The molecule has 340 valence electrons. The molecule has 8 rings (SSSR count). The average molecular weight is 883 g/mol. The maximum absolute atomic E-state index is 13.1. The molecule has 6 aromatic rings. The summed E-state index contributed by atoms with van der Waals surface area (Å²) in [4.78, 5) is 42.9. The van der Waals surface area contributed by atoms with Crippen LogP contribution in [0.25, 0.3) is 0 Å². The lowest BCUT2D eigenvalue weighted by molar-refractivity contribution is -0.118. The van der Waals surface area contributed by atoms with E-state index in [9.17, 15) is 14.4 Å². The standard InChI is InChI=1S/C25H28N4O4.C25H30N4O3/c1-3-33-25(31)23-21(15-18-7-5-4-6-8-18)24(28-14-13-26-16-22(28)30)27-29(23)17-19-9-11-20(32-2)12-10-19;1-3-32-25(30)23-22(17-19-7-5-4-6-8-19)24(28-15-13-26-14-16-28)27-29(23)18-20-9-11-21(31-2)12-10-20/h4-12,26H,3,13-17H2,1-2H3;4-12,26H,3,13-18H2,1-2H3. The van der Waals surface area contributed by atoms with E-state index in [1.165, 1.54) is 0 Å². The molecule has 2 aliphatic rings. The van der Waals surface area contributed by atoms with Gasteiger partial charge in [-0.05, 0) is 60.4 Å². The molecule has 0 radical (unpaired) electrons. The van der Waals surface area contributed by atoms with Crippen LogP contribution in [-0.2, 0) is 40.2 Å². The van der Waals surface area contributed by atoms with Crippen LogP contribution in [0.5, 0.6) is 11.5 Å². The molecular formula is C50H58N8O7. The maximum atomic E-state index is 13.1. The van der Waals surface area contributed by atoms with Crippen molar-refractivity contribution in [3.8, 4) is 11.5 Å². The molecule has 2 N–H and O–H groups in total. The summed E-state index contributed by atoms with van der Waals surface area (Å²) < 4.78 is 24.9. The Balaban J connectivity index is 0.000000194. The Morgan fingerprint density at radius 2 is 1.02 bits per heavy atom. The van der Waals surface area contributed by atoms with Crippen molar-refractivity contribution in [2.45, 2.75) is 39.8 Å². The highest BCUT2D eigenvalue weighted by Gasteiger charge is 2.32. The number of methoxy groups -OCH3 is 2. The molecule has 4 heterocycles. The van der Waals surface area contributed by atoms with Gasteiger partial charge in [0.15, 0.2) is 23.0 Å². The molecular weight excluding hydrogens is 825 g/mol. The number of esters is 2. The molecule has 0 unspecified atom stereocenters. The van der Waals surface area contributed by atoms with Gasteiger partial charge in [-0.25, -0.2) is 9.59 Å². The van der Waals surface area contributed by atoms with Crippen LogP contribution in [-0.4, -0.2) is 111 Å². The molecule has 4 aromatic carbocycles. The van der Waals surface area contributed by atoms with Gasteiger partial charge >= 0.3 is 11.9 Å². The van der Waals surface area contributed by atoms with Crippen LogP contribution in [0.1, 0.15) is 68.2 Å². The molecule has 65 heavy (non-hydrogen) atoms. The normalized spacial score (nSPS) is 13.8. The van der Waals surface area contributed by atoms with Crippen LogP contribution in [0.2, 0.25) is 0 Å². The number of anilines is 2. The van der Waals surface area contributed by atoms with E-state index < -0.39 is 5.97 Å². The number of hydrogen-bond acceptors (Lipinski definition) is 12. The smallest absolute Gasteiger partial charge is 0.356 e. The van der Waals surface area contributed by atoms with Crippen molar-refractivity contribution in [1.82, 2.24) is 30.2 Å². The summed E-state index contributed by atoms with van der Waals surface area (Å²) in [5, 5.41) is 16.2. The Hall–Kier alpha value is -6.97. The molecule has 2 aliphatic heterocycles. The summed E-state index contributed by atoms with van der Waals surface area (Å²) in [7, 11) is 3.27. The highest BCUT2D eigenvalue weighted by Crippen LogP contribution is 2.30. The zero-order chi connectivity index (χ0) is 45.5. The Kier molecular flexibility index (Phi) is 16.0. The fraction of sp³-hybridized carbons (Fsp3) is 0.340. The van der Waals surface area contributed by atoms with Crippen molar-refractivity contribution in [2.24, 2.45) is 0 Å². The first-order chi connectivity index (χ1) is 31.8. The zero-order valence-corrected chi connectivity index (χ0v) is 37.6. The van der Waals surface area contributed by atoms with Crippen LogP contribution in [0.15, 0.2) is 109 Å². The van der Waals surface area contributed by atoms with Gasteiger partial charge in [0.05, 0.1) is 47.1 Å². The molecule has 2 saturated heterocycles. The number of aromatic nitrogens is 4. The maximum Gasteiger partial charge on any atom is 0.356 e. The number of carbonyl (C=O) groups excluding carboxylic acids is 3. The topological polar surface area (TPSA) is 154 Å². The number of amides is 1. The lowest BCUT2D eigenvalue weighted by atomic mass is 10.0. The van der Waals surface area contributed by atoms with Crippen LogP contribution >= 0.6 is 0 Å². The van der Waals surface area contributed by atoms with Crippen molar-refractivity contribution in [3.05, 3.63) is 154 Å². The lowest BCUT2D eigenvalue weighted by Crippen LogP contribution is -2.48. The summed E-state index contributed by atoms with van der Waals surface area (Å²) in [5.74, 6) is 2.08. The predicted molar refractivity (Wildman–Crippen MR) is 249 cm³/mol. The molecule has 2 aromatic heterocycles. The zero-order valence-electron chi connectivity index (χ0n) is 37.6. The first kappa shape index (κ1) is 46.0. The second-order valence-electron chi connectivity index (χ2n) is 15.5. The largest absolute Gasteiger partial charge is 0.497 e. The molecule has 0 saturated carbocycles. The first-order valence-corrected chi connectivity index (χ1v) is 22.1.